The van der Waals surface area contributed by atoms with E-state index in [1.165, 1.54) is 0 Å². The molecule has 2 fully saturated rings. The molecule has 6 heterocycles. The van der Waals surface area contributed by atoms with Crippen molar-refractivity contribution in [3.05, 3.63) is 54.7 Å². The Kier molecular flexibility index (Phi) is 6.10. The number of ether oxygens (including phenoxy) is 2. The van der Waals surface area contributed by atoms with Crippen molar-refractivity contribution in [1.82, 2.24) is 29.7 Å². The van der Waals surface area contributed by atoms with Crippen LogP contribution in [0, 0.1) is 6.92 Å². The molecule has 0 radical (unpaired) electrons. The van der Waals surface area contributed by atoms with E-state index in [-0.39, 0.29) is 6.10 Å². The molecule has 4 aromatic heterocycles. The molecule has 2 aliphatic heterocycles. The highest BCUT2D eigenvalue weighted by molar-refractivity contribution is 5.75. The summed E-state index contributed by atoms with van der Waals surface area (Å²) in [4.78, 5) is 4.52. The Labute approximate surface area is 215 Å². The molecule has 0 spiro atoms. The molecule has 10 nitrogen and oxygen atoms in total. The first-order chi connectivity index (χ1) is 17.8. The summed E-state index contributed by atoms with van der Waals surface area (Å²) in [6.45, 7) is 7.40. The second-order valence-corrected chi connectivity index (χ2v) is 10.8. The Bertz CT molecular complexity index is 1390. The van der Waals surface area contributed by atoms with E-state index >= 15 is 0 Å². The monoisotopic (exact) mass is 503 g/mol. The van der Waals surface area contributed by atoms with Crippen LogP contribution in [0.3, 0.4) is 0 Å². The van der Waals surface area contributed by atoms with Gasteiger partial charge in [-0.1, -0.05) is 0 Å². The Morgan fingerprint density at radius 2 is 2.00 bits per heavy atom. The zero-order valence-corrected chi connectivity index (χ0v) is 21.4. The number of pyridine rings is 2. The number of aromatic nitrogens is 5. The number of aliphatic hydroxyl groups is 1. The summed E-state index contributed by atoms with van der Waals surface area (Å²) >= 11 is 0. The molecule has 0 saturated carbocycles. The third-order valence-corrected chi connectivity index (χ3v) is 6.73. The molecular formula is C27H33N7O3. The van der Waals surface area contributed by atoms with Crippen LogP contribution in [0.5, 0.6) is 5.75 Å². The topological polar surface area (TPSA) is 111 Å². The van der Waals surface area contributed by atoms with Crippen molar-refractivity contribution in [1.29, 1.82) is 0 Å². The summed E-state index contributed by atoms with van der Waals surface area (Å²) < 4.78 is 15.8. The van der Waals surface area contributed by atoms with Crippen LogP contribution in [0.2, 0.25) is 0 Å². The first-order valence-electron chi connectivity index (χ1n) is 12.8. The normalized spacial score (nSPS) is 21.8. The smallest absolute Gasteiger partial charge is 0.153 e. The summed E-state index contributed by atoms with van der Waals surface area (Å²) in [6.07, 6.45) is 9.37. The van der Waals surface area contributed by atoms with Crippen molar-refractivity contribution in [2.24, 2.45) is 0 Å². The van der Waals surface area contributed by atoms with Crippen LogP contribution < -0.4 is 15.4 Å². The summed E-state index contributed by atoms with van der Waals surface area (Å²) in [5, 5.41) is 25.9. The van der Waals surface area contributed by atoms with Crippen LogP contribution in [-0.4, -0.2) is 66.5 Å². The van der Waals surface area contributed by atoms with Gasteiger partial charge < -0.3 is 25.2 Å². The molecule has 0 aliphatic carbocycles. The van der Waals surface area contributed by atoms with E-state index in [1.54, 1.807) is 24.7 Å². The van der Waals surface area contributed by atoms with Crippen molar-refractivity contribution in [2.45, 2.75) is 63.9 Å². The van der Waals surface area contributed by atoms with Gasteiger partial charge in [0, 0.05) is 54.6 Å². The predicted octanol–water partition coefficient (Wildman–Crippen LogP) is 3.31. The van der Waals surface area contributed by atoms with Gasteiger partial charge in [-0.3, -0.25) is 9.67 Å². The lowest BCUT2D eigenvalue weighted by Gasteiger charge is -2.40. The molecule has 6 rings (SSSR count). The van der Waals surface area contributed by atoms with Crippen molar-refractivity contribution in [2.75, 3.05) is 18.5 Å². The lowest BCUT2D eigenvalue weighted by atomic mass is 9.94. The average molecular weight is 504 g/mol. The fraction of sp³-hybridized carbons (Fsp3) is 0.444. The summed E-state index contributed by atoms with van der Waals surface area (Å²) in [6, 6.07) is 8.93. The lowest BCUT2D eigenvalue weighted by Crippen LogP contribution is -2.56. The third kappa shape index (κ3) is 5.46. The van der Waals surface area contributed by atoms with E-state index in [9.17, 15) is 5.11 Å². The Morgan fingerprint density at radius 3 is 2.78 bits per heavy atom. The number of hydrogen-bond acceptors (Lipinski definition) is 8. The van der Waals surface area contributed by atoms with Gasteiger partial charge in [-0.05, 0) is 44.5 Å². The maximum absolute atomic E-state index is 10.0. The predicted molar refractivity (Wildman–Crippen MR) is 140 cm³/mol. The van der Waals surface area contributed by atoms with E-state index < -0.39 is 5.60 Å². The van der Waals surface area contributed by atoms with Crippen LogP contribution in [0.15, 0.2) is 49.1 Å². The summed E-state index contributed by atoms with van der Waals surface area (Å²) in [5.74, 6) is 1.52. The van der Waals surface area contributed by atoms with Gasteiger partial charge in [-0.2, -0.15) is 10.2 Å². The van der Waals surface area contributed by atoms with Crippen LogP contribution in [-0.2, 0) is 11.3 Å². The van der Waals surface area contributed by atoms with E-state index in [2.05, 4.69) is 44.0 Å². The quantitative estimate of drug-likeness (QED) is 0.352. The number of hydrogen-bond donors (Lipinski definition) is 3. The lowest BCUT2D eigenvalue weighted by molar-refractivity contribution is -0.0122. The van der Waals surface area contributed by atoms with Gasteiger partial charge in [0.1, 0.15) is 11.9 Å². The molecule has 0 aromatic carbocycles. The molecule has 2 saturated heterocycles. The highest BCUT2D eigenvalue weighted by atomic mass is 16.5. The standard InChI is InChI=1S/C27H33N7O3/c1-17-6-24(25(12-28-17)37-23-8-19-14-36-15-20(9-23)30-19)18-4-5-34-22(7-18)10-26(32-34)31-21-11-29-33(13-21)16-27(2,3)35/h4-7,10-13,19-20,23,30,35H,8-9,14-16H2,1-3H3,(H,31,32)/t19-,20+,23?. The van der Waals surface area contributed by atoms with Gasteiger partial charge in [0.2, 0.25) is 0 Å². The van der Waals surface area contributed by atoms with Crippen molar-refractivity contribution in [3.8, 4) is 16.9 Å². The molecule has 37 heavy (non-hydrogen) atoms. The molecule has 3 atom stereocenters. The summed E-state index contributed by atoms with van der Waals surface area (Å²) in [7, 11) is 0. The van der Waals surface area contributed by atoms with E-state index in [4.69, 9.17) is 9.47 Å². The van der Waals surface area contributed by atoms with Gasteiger partial charge in [0.05, 0.1) is 49.0 Å². The van der Waals surface area contributed by atoms with Gasteiger partial charge in [-0.25, -0.2) is 4.52 Å². The largest absolute Gasteiger partial charge is 0.488 e. The second-order valence-electron chi connectivity index (χ2n) is 10.8. The molecular weight excluding hydrogens is 470 g/mol. The Balaban J connectivity index is 1.23. The van der Waals surface area contributed by atoms with Crippen molar-refractivity contribution in [3.63, 3.8) is 0 Å². The third-order valence-electron chi connectivity index (χ3n) is 6.73. The zero-order chi connectivity index (χ0) is 25.6. The molecule has 2 bridgehead atoms. The highest BCUT2D eigenvalue weighted by Gasteiger charge is 2.33. The van der Waals surface area contributed by atoms with Crippen LogP contribution in [0.25, 0.3) is 16.6 Å². The number of fused-ring (bicyclic) bond motifs is 3. The van der Waals surface area contributed by atoms with Crippen molar-refractivity contribution >= 4 is 17.0 Å². The SMILES string of the molecule is Cc1cc(-c2ccn3nc(Nc4cnn(CC(C)(C)O)c4)cc3c2)c(OC2C[C@H]3COC[C@@H](C2)N3)cn1. The van der Waals surface area contributed by atoms with Crippen LogP contribution >= 0.6 is 0 Å². The minimum Gasteiger partial charge on any atom is -0.488 e. The second kappa shape index (κ2) is 9.44. The molecule has 0 amide bonds. The van der Waals surface area contributed by atoms with Gasteiger partial charge in [0.25, 0.3) is 0 Å². The Hall–Kier alpha value is -3.47. The number of morpholine rings is 1. The van der Waals surface area contributed by atoms with E-state index in [0.717, 1.165) is 59.8 Å². The molecule has 194 valence electrons. The Morgan fingerprint density at radius 1 is 1.19 bits per heavy atom. The minimum absolute atomic E-state index is 0.134. The van der Waals surface area contributed by atoms with Gasteiger partial charge >= 0.3 is 0 Å². The van der Waals surface area contributed by atoms with E-state index in [0.29, 0.717) is 24.4 Å². The first kappa shape index (κ1) is 23.9. The van der Waals surface area contributed by atoms with E-state index in [1.807, 2.05) is 36.1 Å². The minimum atomic E-state index is -0.835. The number of piperidine rings is 1. The maximum Gasteiger partial charge on any atom is 0.153 e. The highest BCUT2D eigenvalue weighted by Crippen LogP contribution is 2.34. The summed E-state index contributed by atoms with van der Waals surface area (Å²) in [5.41, 5.74) is 3.95. The molecule has 2 aliphatic rings. The van der Waals surface area contributed by atoms with Gasteiger partial charge in [-0.15, -0.1) is 0 Å². The number of anilines is 2. The maximum atomic E-state index is 10.0. The molecule has 1 unspecified atom stereocenters. The number of aryl methyl sites for hydroxylation is 1. The van der Waals surface area contributed by atoms with Crippen LogP contribution in [0.4, 0.5) is 11.5 Å². The number of nitrogens with zero attached hydrogens (tertiary/aromatic N) is 5. The van der Waals surface area contributed by atoms with Crippen molar-refractivity contribution < 1.29 is 14.6 Å². The van der Waals surface area contributed by atoms with Crippen LogP contribution in [0.1, 0.15) is 32.4 Å². The first-order valence-corrected chi connectivity index (χ1v) is 12.8. The fourth-order valence-corrected chi connectivity index (χ4v) is 5.21. The number of nitrogens with one attached hydrogen (secondary N) is 2. The molecule has 10 heteroatoms. The zero-order valence-electron chi connectivity index (χ0n) is 21.4. The molecule has 3 N–H and O–H groups in total. The average Bonchev–Trinajstić information content (AvgIpc) is 3.44. The number of rotatable bonds is 7. The fourth-order valence-electron chi connectivity index (χ4n) is 5.21. The molecule has 4 aromatic rings. The van der Waals surface area contributed by atoms with Gasteiger partial charge in [0.15, 0.2) is 5.82 Å².